The van der Waals surface area contributed by atoms with Crippen molar-refractivity contribution in [2.45, 2.75) is 13.0 Å². The third-order valence-electron chi connectivity index (χ3n) is 2.09. The number of hydrogen-bond donors (Lipinski definition) is 1. The molecule has 0 spiro atoms. The summed E-state index contributed by atoms with van der Waals surface area (Å²) in [5.74, 6) is -0.340. The van der Waals surface area contributed by atoms with Crippen LogP contribution in [0.3, 0.4) is 0 Å². The molecule has 0 unspecified atom stereocenters. The number of ether oxygens (including phenoxy) is 2. The van der Waals surface area contributed by atoms with E-state index in [9.17, 15) is 4.79 Å². The highest BCUT2D eigenvalue weighted by Gasteiger charge is 2.03. The van der Waals surface area contributed by atoms with Gasteiger partial charge in [-0.3, -0.25) is 0 Å². The van der Waals surface area contributed by atoms with Crippen molar-refractivity contribution in [1.29, 1.82) is 0 Å². The topological polar surface area (TPSA) is 55.8 Å². The van der Waals surface area contributed by atoms with Crippen molar-refractivity contribution in [3.63, 3.8) is 0 Å². The average molecular weight is 224 g/mol. The van der Waals surface area contributed by atoms with Crippen LogP contribution in [0.1, 0.15) is 22.3 Å². The van der Waals surface area contributed by atoms with Gasteiger partial charge in [0.15, 0.2) is 0 Å². The fourth-order valence-electron chi connectivity index (χ4n) is 1.21. The van der Waals surface area contributed by atoms with Gasteiger partial charge in [0.05, 0.1) is 19.3 Å². The second-order valence-electron chi connectivity index (χ2n) is 3.32. The Morgan fingerprint density at radius 1 is 1.31 bits per heavy atom. The zero-order valence-corrected chi connectivity index (χ0v) is 9.31. The number of methoxy groups -OCH3 is 1. The van der Waals surface area contributed by atoms with Crippen molar-refractivity contribution in [3.8, 4) is 0 Å². The first-order valence-electron chi connectivity index (χ1n) is 5.13. The lowest BCUT2D eigenvalue weighted by molar-refractivity contribution is 0.0600. The third-order valence-corrected chi connectivity index (χ3v) is 2.09. The predicted molar refractivity (Wildman–Crippen MR) is 59.1 cm³/mol. The number of hydrogen-bond acceptors (Lipinski definition) is 4. The van der Waals surface area contributed by atoms with Crippen LogP contribution in [0.4, 0.5) is 0 Å². The van der Waals surface area contributed by atoms with E-state index in [0.717, 1.165) is 5.56 Å². The predicted octanol–water partition coefficient (Wildman–Crippen LogP) is 1.37. The van der Waals surface area contributed by atoms with Crippen LogP contribution in [-0.4, -0.2) is 31.4 Å². The molecule has 0 heterocycles. The lowest BCUT2D eigenvalue weighted by Gasteiger charge is -2.04. The van der Waals surface area contributed by atoms with Gasteiger partial charge in [0.1, 0.15) is 0 Å². The monoisotopic (exact) mass is 224 g/mol. The van der Waals surface area contributed by atoms with E-state index in [1.807, 2.05) is 12.1 Å². The third kappa shape index (κ3) is 4.00. The molecule has 0 amide bonds. The van der Waals surface area contributed by atoms with Crippen LogP contribution in [0, 0.1) is 0 Å². The number of carbonyl (C=O) groups is 1. The summed E-state index contributed by atoms with van der Waals surface area (Å²) >= 11 is 0. The van der Waals surface area contributed by atoms with Crippen molar-refractivity contribution < 1.29 is 19.4 Å². The van der Waals surface area contributed by atoms with Gasteiger partial charge in [-0.25, -0.2) is 4.79 Å². The molecule has 0 atom stereocenters. The van der Waals surface area contributed by atoms with E-state index < -0.39 is 0 Å². The molecule has 1 aromatic rings. The van der Waals surface area contributed by atoms with E-state index in [1.165, 1.54) is 7.11 Å². The maximum absolute atomic E-state index is 11.1. The van der Waals surface area contributed by atoms with E-state index in [2.05, 4.69) is 4.74 Å². The van der Waals surface area contributed by atoms with Crippen molar-refractivity contribution in [3.05, 3.63) is 35.4 Å². The molecule has 0 aliphatic rings. The van der Waals surface area contributed by atoms with E-state index in [0.29, 0.717) is 25.2 Å². The van der Waals surface area contributed by atoms with Gasteiger partial charge < -0.3 is 14.6 Å². The van der Waals surface area contributed by atoms with E-state index in [1.54, 1.807) is 12.1 Å². The fraction of sp³-hybridized carbons (Fsp3) is 0.417. The van der Waals surface area contributed by atoms with E-state index in [4.69, 9.17) is 9.84 Å². The van der Waals surface area contributed by atoms with Gasteiger partial charge in [0.25, 0.3) is 0 Å². The Labute approximate surface area is 94.8 Å². The number of rotatable bonds is 6. The van der Waals surface area contributed by atoms with Crippen LogP contribution in [0.25, 0.3) is 0 Å². The molecule has 4 heteroatoms. The van der Waals surface area contributed by atoms with Crippen molar-refractivity contribution in [2.75, 3.05) is 20.3 Å². The maximum Gasteiger partial charge on any atom is 0.337 e. The van der Waals surface area contributed by atoms with Gasteiger partial charge in [-0.05, 0) is 24.1 Å². The second-order valence-corrected chi connectivity index (χ2v) is 3.32. The minimum atomic E-state index is -0.340. The summed E-state index contributed by atoms with van der Waals surface area (Å²) in [6.45, 7) is 1.16. The first kappa shape index (κ1) is 12.7. The van der Waals surface area contributed by atoms with Crippen LogP contribution < -0.4 is 0 Å². The average Bonchev–Trinajstić information content (AvgIpc) is 2.34. The Balaban J connectivity index is 2.42. The minimum absolute atomic E-state index is 0.140. The molecule has 0 saturated heterocycles. The first-order valence-corrected chi connectivity index (χ1v) is 5.13. The highest BCUT2D eigenvalue weighted by atomic mass is 16.5. The zero-order valence-electron chi connectivity index (χ0n) is 9.31. The van der Waals surface area contributed by atoms with Crippen molar-refractivity contribution in [2.24, 2.45) is 0 Å². The number of esters is 1. The molecule has 88 valence electrons. The summed E-state index contributed by atoms with van der Waals surface area (Å²) in [4.78, 5) is 11.1. The summed E-state index contributed by atoms with van der Waals surface area (Å²) in [5, 5.41) is 8.56. The molecule has 0 fully saturated rings. The molecule has 1 rings (SSSR count). The molecule has 0 bridgehead atoms. The van der Waals surface area contributed by atoms with Crippen LogP contribution in [0.15, 0.2) is 24.3 Å². The number of benzene rings is 1. The highest BCUT2D eigenvalue weighted by Crippen LogP contribution is 2.07. The largest absolute Gasteiger partial charge is 0.465 e. The van der Waals surface area contributed by atoms with Gasteiger partial charge in [-0.2, -0.15) is 0 Å². The van der Waals surface area contributed by atoms with Gasteiger partial charge in [0, 0.05) is 13.2 Å². The Morgan fingerprint density at radius 3 is 2.56 bits per heavy atom. The van der Waals surface area contributed by atoms with Crippen LogP contribution >= 0.6 is 0 Å². The lowest BCUT2D eigenvalue weighted by atomic mass is 10.1. The smallest absolute Gasteiger partial charge is 0.337 e. The van der Waals surface area contributed by atoms with Crippen molar-refractivity contribution in [1.82, 2.24) is 0 Å². The standard InChI is InChI=1S/C12H16O4/c1-15-12(14)11-5-3-10(4-6-11)9-16-8-2-7-13/h3-6,13H,2,7-9H2,1H3. The summed E-state index contributed by atoms with van der Waals surface area (Å²) < 4.78 is 9.90. The molecular formula is C12H16O4. The van der Waals surface area contributed by atoms with Gasteiger partial charge in [-0.15, -0.1) is 0 Å². The molecule has 0 aromatic heterocycles. The fourth-order valence-corrected chi connectivity index (χ4v) is 1.21. The van der Waals surface area contributed by atoms with E-state index >= 15 is 0 Å². The zero-order chi connectivity index (χ0) is 11.8. The molecule has 16 heavy (non-hydrogen) atoms. The molecule has 4 nitrogen and oxygen atoms in total. The molecule has 0 aliphatic carbocycles. The summed E-state index contributed by atoms with van der Waals surface area (Å²) in [6.07, 6.45) is 0.639. The normalized spacial score (nSPS) is 10.1. The summed E-state index contributed by atoms with van der Waals surface area (Å²) in [5.41, 5.74) is 1.52. The molecule has 0 aliphatic heterocycles. The Bertz CT molecular complexity index is 318. The van der Waals surface area contributed by atoms with Gasteiger partial charge >= 0.3 is 5.97 Å². The Morgan fingerprint density at radius 2 is 2.00 bits per heavy atom. The van der Waals surface area contributed by atoms with Crippen molar-refractivity contribution >= 4 is 5.97 Å². The van der Waals surface area contributed by atoms with Crippen LogP contribution in [-0.2, 0) is 16.1 Å². The van der Waals surface area contributed by atoms with Gasteiger partial charge in [0.2, 0.25) is 0 Å². The van der Waals surface area contributed by atoms with Gasteiger partial charge in [-0.1, -0.05) is 12.1 Å². The number of aliphatic hydroxyl groups is 1. The summed E-state index contributed by atoms with van der Waals surface area (Å²) in [7, 11) is 1.36. The Kier molecular flexibility index (Phi) is 5.53. The molecular weight excluding hydrogens is 208 g/mol. The molecule has 0 saturated carbocycles. The second kappa shape index (κ2) is 6.98. The SMILES string of the molecule is COC(=O)c1ccc(COCCCO)cc1. The molecule has 0 radical (unpaired) electrons. The van der Waals surface area contributed by atoms with E-state index in [-0.39, 0.29) is 12.6 Å². The minimum Gasteiger partial charge on any atom is -0.465 e. The van der Waals surface area contributed by atoms with Crippen LogP contribution in [0.2, 0.25) is 0 Å². The number of carbonyl (C=O) groups excluding carboxylic acids is 1. The maximum atomic E-state index is 11.1. The molecule has 1 N–H and O–H groups in total. The Hall–Kier alpha value is -1.39. The lowest BCUT2D eigenvalue weighted by Crippen LogP contribution is -2.02. The molecule has 1 aromatic carbocycles. The highest BCUT2D eigenvalue weighted by molar-refractivity contribution is 5.89. The quantitative estimate of drug-likeness (QED) is 0.585. The first-order chi connectivity index (χ1) is 7.77. The number of aliphatic hydroxyl groups excluding tert-OH is 1. The van der Waals surface area contributed by atoms with Crippen LogP contribution in [0.5, 0.6) is 0 Å². The summed E-state index contributed by atoms with van der Waals surface area (Å²) in [6, 6.07) is 7.06.